The van der Waals surface area contributed by atoms with Crippen molar-refractivity contribution in [2.24, 2.45) is 5.41 Å². The molecule has 0 bridgehead atoms. The lowest BCUT2D eigenvalue weighted by atomic mass is 9.81. The predicted molar refractivity (Wildman–Crippen MR) is 71.3 cm³/mol. The van der Waals surface area contributed by atoms with Crippen LogP contribution in [0.4, 0.5) is 0 Å². The smallest absolute Gasteiger partial charge is 0.314 e. The summed E-state index contributed by atoms with van der Waals surface area (Å²) in [5.74, 6) is -0.376. The molecule has 1 unspecified atom stereocenters. The minimum absolute atomic E-state index is 0.321. The Bertz CT molecular complexity index is 435. The number of benzene rings is 1. The Morgan fingerprint density at radius 3 is 2.56 bits per heavy atom. The van der Waals surface area contributed by atoms with Gasteiger partial charge in [-0.15, -0.1) is 0 Å². The van der Waals surface area contributed by atoms with Crippen molar-refractivity contribution in [2.45, 2.75) is 40.7 Å². The molecule has 18 heavy (non-hydrogen) atoms. The van der Waals surface area contributed by atoms with Gasteiger partial charge in [-0.05, 0) is 45.7 Å². The summed E-state index contributed by atoms with van der Waals surface area (Å²) in [5.41, 5.74) is 1.88. The molecule has 0 aromatic heterocycles. The van der Waals surface area contributed by atoms with Crippen LogP contribution in [0.2, 0.25) is 0 Å². The fraction of sp³-hybridized carbons (Fsp3) is 0.533. The minimum atomic E-state index is -0.950. The topological polar surface area (TPSA) is 46.5 Å². The van der Waals surface area contributed by atoms with Crippen molar-refractivity contribution >= 4 is 5.97 Å². The van der Waals surface area contributed by atoms with E-state index < -0.39 is 11.5 Å². The quantitative estimate of drug-likeness (QED) is 0.836. The molecule has 1 N–H and O–H groups in total. The average molecular weight is 250 g/mol. The Labute approximate surface area is 109 Å². The van der Waals surface area contributed by atoms with E-state index in [0.29, 0.717) is 6.61 Å². The number of ether oxygens (including phenoxy) is 1. The molecule has 1 aromatic carbocycles. The van der Waals surface area contributed by atoms with Gasteiger partial charge in [0.2, 0.25) is 0 Å². The summed E-state index contributed by atoms with van der Waals surface area (Å²) in [7, 11) is 0. The lowest BCUT2D eigenvalue weighted by Crippen LogP contribution is -2.33. The van der Waals surface area contributed by atoms with E-state index >= 15 is 0 Å². The van der Waals surface area contributed by atoms with Gasteiger partial charge < -0.3 is 9.84 Å². The summed E-state index contributed by atoms with van der Waals surface area (Å²) in [6.45, 7) is 9.39. The third-order valence-corrected chi connectivity index (χ3v) is 3.21. The van der Waals surface area contributed by atoms with Crippen molar-refractivity contribution < 1.29 is 14.6 Å². The molecule has 0 amide bonds. The maximum Gasteiger partial charge on any atom is 0.314 e. The molecule has 100 valence electrons. The zero-order valence-corrected chi connectivity index (χ0v) is 11.8. The van der Waals surface area contributed by atoms with Gasteiger partial charge in [0.05, 0.1) is 18.1 Å². The van der Waals surface area contributed by atoms with Crippen LogP contribution < -0.4 is 0 Å². The van der Waals surface area contributed by atoms with E-state index in [1.54, 1.807) is 20.8 Å². The molecule has 1 aromatic rings. The number of aliphatic hydroxyl groups is 1. The van der Waals surface area contributed by atoms with Crippen molar-refractivity contribution in [3.8, 4) is 0 Å². The predicted octanol–water partition coefficient (Wildman–Crippen LogP) is 2.93. The largest absolute Gasteiger partial charge is 0.465 e. The van der Waals surface area contributed by atoms with Gasteiger partial charge in [0.25, 0.3) is 0 Å². The Hall–Kier alpha value is -1.35. The molecule has 0 aliphatic carbocycles. The van der Waals surface area contributed by atoms with Gasteiger partial charge in [-0.25, -0.2) is 0 Å². The number of hydrogen-bond acceptors (Lipinski definition) is 3. The van der Waals surface area contributed by atoms with E-state index in [0.717, 1.165) is 16.7 Å². The van der Waals surface area contributed by atoms with Crippen molar-refractivity contribution in [3.63, 3.8) is 0 Å². The summed E-state index contributed by atoms with van der Waals surface area (Å²) in [4.78, 5) is 11.9. The van der Waals surface area contributed by atoms with Crippen LogP contribution in [-0.2, 0) is 9.53 Å². The Morgan fingerprint density at radius 1 is 1.39 bits per heavy atom. The van der Waals surface area contributed by atoms with Gasteiger partial charge >= 0.3 is 5.97 Å². The number of esters is 1. The molecule has 0 spiro atoms. The van der Waals surface area contributed by atoms with Gasteiger partial charge in [0, 0.05) is 0 Å². The summed E-state index contributed by atoms with van der Waals surface area (Å²) >= 11 is 0. The zero-order valence-electron chi connectivity index (χ0n) is 11.8. The van der Waals surface area contributed by atoms with Crippen LogP contribution in [0.3, 0.4) is 0 Å². The number of rotatable bonds is 4. The van der Waals surface area contributed by atoms with Crippen LogP contribution in [-0.4, -0.2) is 17.7 Å². The average Bonchev–Trinajstić information content (AvgIpc) is 2.31. The van der Waals surface area contributed by atoms with E-state index in [2.05, 4.69) is 0 Å². The molecule has 3 nitrogen and oxygen atoms in total. The van der Waals surface area contributed by atoms with E-state index in [9.17, 15) is 9.90 Å². The summed E-state index contributed by atoms with van der Waals surface area (Å²) < 4.78 is 5.02. The lowest BCUT2D eigenvalue weighted by Gasteiger charge is -2.29. The van der Waals surface area contributed by atoms with Gasteiger partial charge in [0.1, 0.15) is 0 Å². The monoisotopic (exact) mass is 250 g/mol. The van der Waals surface area contributed by atoms with E-state index in [-0.39, 0.29) is 5.97 Å². The molecule has 0 saturated carbocycles. The van der Waals surface area contributed by atoms with Crippen molar-refractivity contribution in [1.82, 2.24) is 0 Å². The minimum Gasteiger partial charge on any atom is -0.465 e. The van der Waals surface area contributed by atoms with Crippen LogP contribution in [0.1, 0.15) is 43.6 Å². The number of carbonyl (C=O) groups is 1. The third-order valence-electron chi connectivity index (χ3n) is 3.21. The van der Waals surface area contributed by atoms with Crippen LogP contribution >= 0.6 is 0 Å². The van der Waals surface area contributed by atoms with E-state index in [1.807, 2.05) is 32.0 Å². The van der Waals surface area contributed by atoms with Crippen molar-refractivity contribution in [2.75, 3.05) is 6.61 Å². The molecular formula is C15H22O3. The van der Waals surface area contributed by atoms with Crippen LogP contribution in [0.25, 0.3) is 0 Å². The maximum absolute atomic E-state index is 11.9. The molecular weight excluding hydrogens is 228 g/mol. The summed E-state index contributed by atoms with van der Waals surface area (Å²) in [6, 6.07) is 5.86. The van der Waals surface area contributed by atoms with Crippen LogP contribution in [0.5, 0.6) is 0 Å². The highest BCUT2D eigenvalue weighted by atomic mass is 16.5. The van der Waals surface area contributed by atoms with Crippen LogP contribution in [0.15, 0.2) is 18.2 Å². The standard InChI is InChI=1S/C15H22O3/c1-6-18-14(17)15(4,5)13(16)12-9-10(2)7-8-11(12)3/h7-9,13,16H,6H2,1-5H3. The van der Waals surface area contributed by atoms with Crippen molar-refractivity contribution in [3.05, 3.63) is 34.9 Å². The number of hydrogen-bond donors (Lipinski definition) is 1. The molecule has 0 aliphatic heterocycles. The summed E-state index contributed by atoms with van der Waals surface area (Å²) in [5, 5.41) is 10.4. The van der Waals surface area contributed by atoms with Gasteiger partial charge in [-0.3, -0.25) is 4.79 Å². The zero-order chi connectivity index (χ0) is 13.9. The second-order valence-corrected chi connectivity index (χ2v) is 5.20. The number of aliphatic hydroxyl groups excluding tert-OH is 1. The highest BCUT2D eigenvalue weighted by Gasteiger charge is 2.38. The number of carbonyl (C=O) groups excluding carboxylic acids is 1. The Balaban J connectivity index is 3.08. The molecule has 0 saturated heterocycles. The van der Waals surface area contributed by atoms with Gasteiger partial charge in [0.15, 0.2) is 0 Å². The molecule has 3 heteroatoms. The first-order chi connectivity index (χ1) is 8.30. The van der Waals surface area contributed by atoms with Gasteiger partial charge in [-0.1, -0.05) is 23.8 Å². The third kappa shape index (κ3) is 2.91. The second-order valence-electron chi connectivity index (χ2n) is 5.20. The van der Waals surface area contributed by atoms with E-state index in [4.69, 9.17) is 4.74 Å². The van der Waals surface area contributed by atoms with Gasteiger partial charge in [-0.2, -0.15) is 0 Å². The normalized spacial score (nSPS) is 13.2. The SMILES string of the molecule is CCOC(=O)C(C)(C)C(O)c1cc(C)ccc1C. The number of aryl methyl sites for hydroxylation is 2. The molecule has 1 rings (SSSR count). The van der Waals surface area contributed by atoms with E-state index in [1.165, 1.54) is 0 Å². The van der Waals surface area contributed by atoms with Crippen LogP contribution in [0, 0.1) is 19.3 Å². The first-order valence-corrected chi connectivity index (χ1v) is 6.23. The first-order valence-electron chi connectivity index (χ1n) is 6.23. The highest BCUT2D eigenvalue weighted by molar-refractivity contribution is 5.77. The maximum atomic E-state index is 11.9. The first kappa shape index (κ1) is 14.7. The second kappa shape index (κ2) is 5.53. The Morgan fingerprint density at radius 2 is 2.00 bits per heavy atom. The summed E-state index contributed by atoms with van der Waals surface area (Å²) in [6.07, 6.45) is -0.864. The molecule has 0 heterocycles. The lowest BCUT2D eigenvalue weighted by molar-refractivity contribution is -0.160. The fourth-order valence-corrected chi connectivity index (χ4v) is 1.87. The molecule has 0 fully saturated rings. The fourth-order valence-electron chi connectivity index (χ4n) is 1.87. The molecule has 0 radical (unpaired) electrons. The highest BCUT2D eigenvalue weighted by Crippen LogP contribution is 2.36. The molecule has 0 aliphatic rings. The van der Waals surface area contributed by atoms with Crippen molar-refractivity contribution in [1.29, 1.82) is 0 Å². The molecule has 1 atom stereocenters. The Kier molecular flexibility index (Phi) is 4.52.